The van der Waals surface area contributed by atoms with Crippen molar-refractivity contribution in [3.63, 3.8) is 0 Å². The van der Waals surface area contributed by atoms with Gasteiger partial charge in [0.1, 0.15) is 0 Å². The fraction of sp³-hybridized carbons (Fsp3) is 0.556. The van der Waals surface area contributed by atoms with Gasteiger partial charge in [0.2, 0.25) is 5.91 Å². The largest absolute Gasteiger partial charge is 0.416 e. The third-order valence-corrected chi connectivity index (χ3v) is 7.44. The minimum absolute atomic E-state index is 0.143. The molecule has 2 atom stereocenters. The molecular weight excluding hydrogens is 467 g/mol. The molecule has 2 aliphatic heterocycles. The van der Waals surface area contributed by atoms with Crippen molar-refractivity contribution in [2.24, 2.45) is 5.92 Å². The van der Waals surface area contributed by atoms with Gasteiger partial charge >= 0.3 is 6.18 Å². The number of aromatic nitrogens is 1. The van der Waals surface area contributed by atoms with Gasteiger partial charge in [-0.3, -0.25) is 19.6 Å². The van der Waals surface area contributed by atoms with Gasteiger partial charge in [-0.05, 0) is 49.1 Å². The number of benzene rings is 1. The summed E-state index contributed by atoms with van der Waals surface area (Å²) in [5.41, 5.74) is 1.07. The lowest BCUT2D eigenvalue weighted by Crippen LogP contribution is -2.56. The normalized spacial score (nSPS) is 22.0. The number of piperidine rings is 1. The highest BCUT2D eigenvalue weighted by Crippen LogP contribution is 2.33. The maximum atomic E-state index is 13.2. The first-order chi connectivity index (χ1) is 17.2. The van der Waals surface area contributed by atoms with Gasteiger partial charge in [0, 0.05) is 84.3 Å². The van der Waals surface area contributed by atoms with Crippen molar-refractivity contribution in [2.75, 3.05) is 58.3 Å². The summed E-state index contributed by atoms with van der Waals surface area (Å²) in [5.74, 6) is 0.497. The van der Waals surface area contributed by atoms with Crippen molar-refractivity contribution in [3.05, 3.63) is 59.9 Å². The molecule has 6 nitrogen and oxygen atoms in total. The Morgan fingerprint density at radius 2 is 1.83 bits per heavy atom. The highest BCUT2D eigenvalue weighted by molar-refractivity contribution is 5.75. The maximum absolute atomic E-state index is 13.2. The minimum atomic E-state index is -4.34. The number of likely N-dealkylation sites (tertiary alicyclic amines) is 1. The van der Waals surface area contributed by atoms with Crippen LogP contribution in [-0.4, -0.2) is 85.0 Å². The van der Waals surface area contributed by atoms with Gasteiger partial charge in [0.05, 0.1) is 11.3 Å². The molecule has 1 aromatic heterocycles. The zero-order valence-corrected chi connectivity index (χ0v) is 21.1. The fourth-order valence-electron chi connectivity index (χ4n) is 5.45. The average molecular weight is 504 g/mol. The Balaban J connectivity index is 1.40. The fourth-order valence-corrected chi connectivity index (χ4v) is 5.45. The van der Waals surface area contributed by atoms with Crippen LogP contribution >= 0.6 is 0 Å². The van der Waals surface area contributed by atoms with E-state index in [2.05, 4.69) is 14.8 Å². The molecular formula is C27H36F3N5O. The smallest absolute Gasteiger partial charge is 0.369 e. The SMILES string of the molecule is CN(C)C(=O)CC[C@@H]1CN(Cc2ccccn2)CC[C@@H]1N1CCN(c2cccc(C(F)(F)F)c2)CC1. The summed E-state index contributed by atoms with van der Waals surface area (Å²) in [5, 5.41) is 0. The molecule has 9 heteroatoms. The van der Waals surface area contributed by atoms with Crippen LogP contribution in [0.2, 0.25) is 0 Å². The monoisotopic (exact) mass is 503 g/mol. The Bertz CT molecular complexity index is 992. The molecule has 4 rings (SSSR count). The van der Waals surface area contributed by atoms with Gasteiger partial charge in [-0.25, -0.2) is 0 Å². The highest BCUT2D eigenvalue weighted by Gasteiger charge is 2.36. The number of nitrogens with zero attached hydrogens (tertiary/aromatic N) is 5. The van der Waals surface area contributed by atoms with Gasteiger partial charge in [-0.15, -0.1) is 0 Å². The molecule has 2 aromatic rings. The number of carbonyl (C=O) groups is 1. The molecule has 0 aliphatic carbocycles. The number of pyridine rings is 1. The molecule has 0 bridgehead atoms. The van der Waals surface area contributed by atoms with E-state index in [0.717, 1.165) is 57.3 Å². The van der Waals surface area contributed by atoms with E-state index in [1.54, 1.807) is 25.1 Å². The molecule has 2 saturated heterocycles. The molecule has 1 amide bonds. The molecule has 3 heterocycles. The number of anilines is 1. The summed E-state index contributed by atoms with van der Waals surface area (Å²) in [6.07, 6.45) is -0.154. The van der Waals surface area contributed by atoms with E-state index in [1.165, 1.54) is 12.1 Å². The molecule has 0 saturated carbocycles. The number of rotatable bonds is 7. The molecule has 196 valence electrons. The molecule has 1 aromatic carbocycles. The predicted molar refractivity (Wildman–Crippen MR) is 135 cm³/mol. The quantitative estimate of drug-likeness (QED) is 0.572. The van der Waals surface area contributed by atoms with E-state index in [9.17, 15) is 18.0 Å². The van der Waals surface area contributed by atoms with Gasteiger partial charge < -0.3 is 9.80 Å². The molecule has 0 spiro atoms. The van der Waals surface area contributed by atoms with Crippen molar-refractivity contribution in [1.82, 2.24) is 19.7 Å². The van der Waals surface area contributed by atoms with Gasteiger partial charge in [-0.1, -0.05) is 12.1 Å². The molecule has 2 aliphatic rings. The molecule has 0 N–H and O–H groups in total. The molecule has 2 fully saturated rings. The van der Waals surface area contributed by atoms with Gasteiger partial charge in [0.15, 0.2) is 0 Å². The predicted octanol–water partition coefficient (Wildman–Crippen LogP) is 3.98. The van der Waals surface area contributed by atoms with Crippen LogP contribution in [0.25, 0.3) is 0 Å². The van der Waals surface area contributed by atoms with E-state index in [1.807, 2.05) is 29.3 Å². The van der Waals surface area contributed by atoms with Gasteiger partial charge in [-0.2, -0.15) is 13.2 Å². The molecule has 0 unspecified atom stereocenters. The van der Waals surface area contributed by atoms with E-state index >= 15 is 0 Å². The average Bonchev–Trinajstić information content (AvgIpc) is 2.87. The second-order valence-corrected chi connectivity index (χ2v) is 10.1. The van der Waals surface area contributed by atoms with Crippen LogP contribution in [0.4, 0.5) is 18.9 Å². The highest BCUT2D eigenvalue weighted by atomic mass is 19.4. The Morgan fingerprint density at radius 1 is 1.06 bits per heavy atom. The summed E-state index contributed by atoms with van der Waals surface area (Å²) < 4.78 is 39.5. The van der Waals surface area contributed by atoms with E-state index in [0.29, 0.717) is 37.2 Å². The summed E-state index contributed by atoms with van der Waals surface area (Å²) in [6, 6.07) is 12.0. The lowest BCUT2D eigenvalue weighted by Gasteiger charge is -2.47. The number of hydrogen-bond acceptors (Lipinski definition) is 5. The first-order valence-electron chi connectivity index (χ1n) is 12.7. The zero-order valence-electron chi connectivity index (χ0n) is 21.1. The Morgan fingerprint density at radius 3 is 2.50 bits per heavy atom. The van der Waals surface area contributed by atoms with Crippen LogP contribution in [0.15, 0.2) is 48.7 Å². The lowest BCUT2D eigenvalue weighted by molar-refractivity contribution is -0.137. The first-order valence-corrected chi connectivity index (χ1v) is 12.7. The van der Waals surface area contributed by atoms with E-state index in [-0.39, 0.29) is 5.91 Å². The molecule has 0 radical (unpaired) electrons. The Labute approximate surface area is 211 Å². The van der Waals surface area contributed by atoms with Crippen LogP contribution in [-0.2, 0) is 17.5 Å². The van der Waals surface area contributed by atoms with Crippen LogP contribution in [0.5, 0.6) is 0 Å². The number of piperazine rings is 1. The van der Waals surface area contributed by atoms with Crippen LogP contribution in [0.3, 0.4) is 0 Å². The minimum Gasteiger partial charge on any atom is -0.369 e. The summed E-state index contributed by atoms with van der Waals surface area (Å²) in [6.45, 7) is 5.67. The lowest BCUT2D eigenvalue weighted by atomic mass is 9.86. The Kier molecular flexibility index (Phi) is 8.51. The summed E-state index contributed by atoms with van der Waals surface area (Å²) in [7, 11) is 3.59. The van der Waals surface area contributed by atoms with Crippen LogP contribution in [0.1, 0.15) is 30.5 Å². The van der Waals surface area contributed by atoms with Crippen LogP contribution < -0.4 is 4.90 Å². The topological polar surface area (TPSA) is 42.9 Å². The van der Waals surface area contributed by atoms with Crippen molar-refractivity contribution in [1.29, 1.82) is 0 Å². The summed E-state index contributed by atoms with van der Waals surface area (Å²) >= 11 is 0. The van der Waals surface area contributed by atoms with Crippen molar-refractivity contribution in [3.8, 4) is 0 Å². The van der Waals surface area contributed by atoms with Crippen molar-refractivity contribution in [2.45, 2.75) is 38.0 Å². The number of amides is 1. The Hall–Kier alpha value is -2.65. The van der Waals surface area contributed by atoms with E-state index < -0.39 is 11.7 Å². The number of alkyl halides is 3. The standard InChI is InChI=1S/C27H36F3N5O/c1-32(2)26(36)10-9-21-19-33(20-23-7-3-4-12-31-23)13-11-25(21)35-16-14-34(15-17-35)24-8-5-6-22(18-24)27(28,29)30/h3-8,12,18,21,25H,9-11,13-17,19-20H2,1-2H3/t21-,25+/m1/s1. The van der Waals surface area contributed by atoms with Crippen LogP contribution in [0, 0.1) is 5.92 Å². The van der Waals surface area contributed by atoms with E-state index in [4.69, 9.17) is 0 Å². The summed E-state index contributed by atoms with van der Waals surface area (Å²) in [4.78, 5) is 25.4. The maximum Gasteiger partial charge on any atom is 0.416 e. The number of halogens is 3. The second-order valence-electron chi connectivity index (χ2n) is 10.1. The third kappa shape index (κ3) is 6.76. The number of hydrogen-bond donors (Lipinski definition) is 0. The third-order valence-electron chi connectivity index (χ3n) is 7.44. The van der Waals surface area contributed by atoms with Crippen molar-refractivity contribution < 1.29 is 18.0 Å². The second kappa shape index (κ2) is 11.6. The van der Waals surface area contributed by atoms with Crippen molar-refractivity contribution >= 4 is 11.6 Å². The first kappa shape index (κ1) is 26.4. The molecule has 36 heavy (non-hydrogen) atoms. The van der Waals surface area contributed by atoms with Gasteiger partial charge in [0.25, 0.3) is 0 Å². The number of carbonyl (C=O) groups excluding carboxylic acids is 1. The zero-order chi connectivity index (χ0) is 25.7.